The van der Waals surface area contributed by atoms with Gasteiger partial charge in [0.1, 0.15) is 0 Å². The van der Waals surface area contributed by atoms with Gasteiger partial charge in [-0.05, 0) is 31.3 Å². The summed E-state index contributed by atoms with van der Waals surface area (Å²) in [6, 6.07) is 0. The predicted molar refractivity (Wildman–Crippen MR) is 73.7 cm³/mol. The van der Waals surface area contributed by atoms with Gasteiger partial charge in [-0.25, -0.2) is 0 Å². The molecule has 0 radical (unpaired) electrons. The molecule has 0 rings (SSSR count). The van der Waals surface area contributed by atoms with Crippen LogP contribution in [0.2, 0.25) is 0 Å². The Labute approximate surface area is 103 Å². The lowest BCUT2D eigenvalue weighted by Crippen LogP contribution is -2.33. The van der Waals surface area contributed by atoms with Crippen LogP contribution in [-0.2, 0) is 0 Å². The van der Waals surface area contributed by atoms with Crippen LogP contribution in [0.15, 0.2) is 11.6 Å². The van der Waals surface area contributed by atoms with E-state index < -0.39 is 0 Å². The Morgan fingerprint density at radius 2 is 2.07 bits per heavy atom. The minimum Gasteiger partial charge on any atom is -0.314 e. The van der Waals surface area contributed by atoms with Crippen molar-refractivity contribution in [2.24, 2.45) is 11.7 Å². The van der Waals surface area contributed by atoms with Gasteiger partial charge in [-0.2, -0.15) is 0 Å². The van der Waals surface area contributed by atoms with Crippen LogP contribution in [0.3, 0.4) is 0 Å². The van der Waals surface area contributed by atoms with E-state index in [4.69, 9.17) is 5.73 Å². The molecule has 2 unspecified atom stereocenters. The van der Waals surface area contributed by atoms with E-state index in [1.54, 1.807) is 0 Å². The topological polar surface area (TPSA) is 26.0 Å². The molecular weight excluding hydrogens is 285 g/mol. The van der Waals surface area contributed by atoms with Crippen LogP contribution in [-0.4, -0.2) is 3.55 Å². The highest BCUT2D eigenvalue weighted by atomic mass is 127. The van der Waals surface area contributed by atoms with E-state index in [0.717, 1.165) is 0 Å². The minimum absolute atomic E-state index is 0.180. The van der Waals surface area contributed by atoms with Gasteiger partial charge in [0.25, 0.3) is 0 Å². The van der Waals surface area contributed by atoms with Gasteiger partial charge in [-0.1, -0.05) is 62.3 Å². The van der Waals surface area contributed by atoms with Crippen molar-refractivity contribution in [2.45, 2.75) is 56.9 Å². The molecule has 0 aliphatic rings. The molecule has 0 bridgehead atoms. The van der Waals surface area contributed by atoms with Gasteiger partial charge in [-0.15, -0.1) is 0 Å². The second kappa shape index (κ2) is 6.83. The summed E-state index contributed by atoms with van der Waals surface area (Å²) in [6.45, 7) is 8.81. The van der Waals surface area contributed by atoms with E-state index >= 15 is 0 Å². The van der Waals surface area contributed by atoms with Crippen molar-refractivity contribution in [1.82, 2.24) is 0 Å². The van der Waals surface area contributed by atoms with E-state index in [1.165, 1.54) is 31.3 Å². The summed E-state index contributed by atoms with van der Waals surface area (Å²) in [6.07, 6.45) is 7.23. The number of rotatable bonds is 6. The molecular formula is C12H24IN. The third kappa shape index (κ3) is 5.35. The second-order valence-corrected chi connectivity index (χ2v) is 6.43. The first-order chi connectivity index (χ1) is 6.43. The molecule has 0 aromatic heterocycles. The summed E-state index contributed by atoms with van der Waals surface area (Å²) in [5, 5.41) is 0. The van der Waals surface area contributed by atoms with Crippen LogP contribution >= 0.6 is 22.6 Å². The Hall–Kier alpha value is 0.430. The molecule has 2 atom stereocenters. The molecule has 84 valence electrons. The molecule has 0 heterocycles. The van der Waals surface area contributed by atoms with E-state index in [2.05, 4.69) is 56.4 Å². The highest BCUT2D eigenvalue weighted by molar-refractivity contribution is 14.1. The number of hydrogen-bond donors (Lipinski definition) is 1. The Morgan fingerprint density at radius 3 is 2.43 bits per heavy atom. The maximum Gasteiger partial charge on any atom is 0.0868 e. The summed E-state index contributed by atoms with van der Waals surface area (Å²) in [5.41, 5.74) is 7.57. The Kier molecular flexibility index (Phi) is 7.04. The molecule has 14 heavy (non-hydrogen) atoms. The van der Waals surface area contributed by atoms with Crippen molar-refractivity contribution in [1.29, 1.82) is 0 Å². The Morgan fingerprint density at radius 1 is 1.50 bits per heavy atom. The number of nitrogens with two attached hydrogens (primary N) is 1. The Balaban J connectivity index is 4.47. The molecule has 0 spiro atoms. The van der Waals surface area contributed by atoms with Crippen LogP contribution in [0.1, 0.15) is 53.4 Å². The van der Waals surface area contributed by atoms with E-state index in [9.17, 15) is 0 Å². The monoisotopic (exact) mass is 309 g/mol. The molecule has 0 saturated heterocycles. The van der Waals surface area contributed by atoms with Gasteiger partial charge >= 0.3 is 0 Å². The largest absolute Gasteiger partial charge is 0.314 e. The van der Waals surface area contributed by atoms with Crippen molar-refractivity contribution in [2.75, 3.05) is 0 Å². The first-order valence-electron chi connectivity index (χ1n) is 5.61. The number of alkyl halides is 1. The molecule has 0 aromatic carbocycles. The van der Waals surface area contributed by atoms with Gasteiger partial charge < -0.3 is 5.73 Å². The quantitative estimate of drug-likeness (QED) is 0.256. The lowest BCUT2D eigenvalue weighted by atomic mass is 9.92. The lowest BCUT2D eigenvalue weighted by Gasteiger charge is -2.26. The van der Waals surface area contributed by atoms with Gasteiger partial charge in [0.2, 0.25) is 0 Å². The number of allylic oxidation sites excluding steroid dienone is 1. The average Bonchev–Trinajstić information content (AvgIpc) is 2.09. The first-order valence-corrected chi connectivity index (χ1v) is 6.69. The van der Waals surface area contributed by atoms with E-state index in [-0.39, 0.29) is 3.55 Å². The fraction of sp³-hybridized carbons (Fsp3) is 0.833. The van der Waals surface area contributed by atoms with E-state index in [1.807, 2.05) is 0 Å². The van der Waals surface area contributed by atoms with Crippen LogP contribution < -0.4 is 5.73 Å². The highest BCUT2D eigenvalue weighted by Gasteiger charge is 2.23. The third-order valence-electron chi connectivity index (χ3n) is 2.63. The molecule has 0 amide bonds. The summed E-state index contributed by atoms with van der Waals surface area (Å²) >= 11 is 2.34. The number of unbranched alkanes of at least 4 members (excludes halogenated alkanes) is 2. The van der Waals surface area contributed by atoms with Crippen molar-refractivity contribution < 1.29 is 0 Å². The standard InChI is InChI=1S/C12H24IN/c1-5-7-8-9-11(10(3)6-2)12(4,13)14/h9-10H,5-8,14H2,1-4H3/b11-9+. The summed E-state index contributed by atoms with van der Waals surface area (Å²) in [7, 11) is 0. The molecule has 0 aliphatic carbocycles. The first kappa shape index (κ1) is 14.4. The van der Waals surface area contributed by atoms with E-state index in [0.29, 0.717) is 5.92 Å². The van der Waals surface area contributed by atoms with Crippen LogP contribution in [0.25, 0.3) is 0 Å². The van der Waals surface area contributed by atoms with Crippen molar-refractivity contribution in [3.63, 3.8) is 0 Å². The SMILES string of the molecule is CCCC/C=C(\C(C)CC)C(C)(N)I. The van der Waals surface area contributed by atoms with Gasteiger partial charge in [0.15, 0.2) is 0 Å². The molecule has 0 fully saturated rings. The smallest absolute Gasteiger partial charge is 0.0868 e. The zero-order valence-corrected chi connectivity index (χ0v) is 12.1. The molecule has 0 aromatic rings. The van der Waals surface area contributed by atoms with Crippen LogP contribution in [0.5, 0.6) is 0 Å². The third-order valence-corrected chi connectivity index (χ3v) is 3.25. The molecule has 2 N–H and O–H groups in total. The van der Waals surface area contributed by atoms with Crippen LogP contribution in [0, 0.1) is 5.92 Å². The molecule has 1 nitrogen and oxygen atoms in total. The zero-order chi connectivity index (χ0) is 11.2. The minimum atomic E-state index is -0.180. The number of halogens is 1. The Bertz CT molecular complexity index is 179. The van der Waals surface area contributed by atoms with Gasteiger partial charge in [0.05, 0.1) is 3.55 Å². The fourth-order valence-electron chi connectivity index (χ4n) is 1.56. The number of hydrogen-bond acceptors (Lipinski definition) is 1. The highest BCUT2D eigenvalue weighted by Crippen LogP contribution is 2.30. The normalized spacial score (nSPS) is 19.1. The zero-order valence-electron chi connectivity index (χ0n) is 9.94. The molecule has 2 heteroatoms. The van der Waals surface area contributed by atoms with Crippen molar-refractivity contribution in [3.05, 3.63) is 11.6 Å². The van der Waals surface area contributed by atoms with Crippen molar-refractivity contribution >= 4 is 22.6 Å². The summed E-state index contributed by atoms with van der Waals surface area (Å²) in [5.74, 6) is 0.610. The summed E-state index contributed by atoms with van der Waals surface area (Å²) in [4.78, 5) is 0. The maximum atomic E-state index is 6.16. The summed E-state index contributed by atoms with van der Waals surface area (Å²) < 4.78 is -0.180. The average molecular weight is 309 g/mol. The fourth-order valence-corrected chi connectivity index (χ4v) is 2.32. The maximum absolute atomic E-state index is 6.16. The van der Waals surface area contributed by atoms with Gasteiger partial charge in [0, 0.05) is 0 Å². The van der Waals surface area contributed by atoms with Crippen molar-refractivity contribution in [3.8, 4) is 0 Å². The predicted octanol–water partition coefficient (Wildman–Crippen LogP) is 4.26. The lowest BCUT2D eigenvalue weighted by molar-refractivity contribution is 0.585. The molecule has 0 aliphatic heterocycles. The second-order valence-electron chi connectivity index (χ2n) is 4.19. The van der Waals surface area contributed by atoms with Gasteiger partial charge in [-0.3, -0.25) is 0 Å². The molecule has 0 saturated carbocycles. The van der Waals surface area contributed by atoms with Crippen LogP contribution in [0.4, 0.5) is 0 Å².